The number of carboxylic acids is 2. The number of carbonyl (C=O) groups is 3. The Hall–Kier alpha value is -3.08. The lowest BCUT2D eigenvalue weighted by atomic mass is 10.0. The molecule has 0 aromatic heterocycles. The van der Waals surface area contributed by atoms with Crippen LogP contribution in [0.2, 0.25) is 0 Å². The van der Waals surface area contributed by atoms with E-state index in [1.54, 1.807) is 18.0 Å². The maximum Gasteiger partial charge on any atom is 0.409 e. The van der Waals surface area contributed by atoms with Crippen LogP contribution in [-0.4, -0.2) is 42.6 Å². The van der Waals surface area contributed by atoms with Crippen molar-refractivity contribution in [3.05, 3.63) is 35.9 Å². The number of benzene rings is 1. The highest BCUT2D eigenvalue weighted by atomic mass is 16.6. The molecule has 8 heteroatoms. The highest BCUT2D eigenvalue weighted by molar-refractivity contribution is 5.75. The van der Waals surface area contributed by atoms with E-state index in [-0.39, 0.29) is 25.0 Å². The van der Waals surface area contributed by atoms with Crippen LogP contribution in [0.4, 0.5) is 4.79 Å². The highest BCUT2D eigenvalue weighted by Crippen LogP contribution is 2.14. The van der Waals surface area contributed by atoms with Gasteiger partial charge in [-0.3, -0.25) is 0 Å². The van der Waals surface area contributed by atoms with Crippen LogP contribution in [0.1, 0.15) is 24.8 Å². The first-order chi connectivity index (χ1) is 12.3. The average Bonchev–Trinajstić information content (AvgIpc) is 2.92. The molecule has 1 aromatic rings. The second kappa shape index (κ2) is 10.7. The van der Waals surface area contributed by atoms with E-state index < -0.39 is 24.3 Å². The summed E-state index contributed by atoms with van der Waals surface area (Å²) in [5, 5.41) is 28.3. The smallest absolute Gasteiger partial charge is 0.409 e. The van der Waals surface area contributed by atoms with Crippen LogP contribution in [0.5, 0.6) is 0 Å². The quantitative estimate of drug-likeness (QED) is 0.638. The van der Waals surface area contributed by atoms with E-state index in [0.29, 0.717) is 6.61 Å². The summed E-state index contributed by atoms with van der Waals surface area (Å²) in [6, 6.07) is 12.0. The minimum atomic E-state index is -1.45. The summed E-state index contributed by atoms with van der Waals surface area (Å²) in [7, 11) is 1.78. The number of likely N-dealkylation sites (N-methyl/N-ethyl adjacent to an activating group) is 1. The molecule has 1 amide bonds. The molecule has 140 valence electrons. The largest absolute Gasteiger partial charge is 0.550 e. The fourth-order valence-corrected chi connectivity index (χ4v) is 2.36. The Morgan fingerprint density at radius 2 is 2.00 bits per heavy atom. The summed E-state index contributed by atoms with van der Waals surface area (Å²) in [6.07, 6.45) is 0.0529. The molecule has 1 saturated heterocycles. The number of ether oxygens (including phenoxy) is 1. The van der Waals surface area contributed by atoms with Crippen molar-refractivity contribution in [2.75, 3.05) is 13.7 Å². The van der Waals surface area contributed by atoms with Gasteiger partial charge in [-0.1, -0.05) is 30.3 Å². The number of rotatable bonds is 7. The van der Waals surface area contributed by atoms with Crippen molar-refractivity contribution in [3.8, 4) is 6.07 Å². The van der Waals surface area contributed by atoms with Gasteiger partial charge in [0.1, 0.15) is 6.61 Å². The van der Waals surface area contributed by atoms with Crippen molar-refractivity contribution in [2.24, 2.45) is 5.92 Å². The first kappa shape index (κ1) is 21.0. The minimum absolute atomic E-state index is 0.00588. The van der Waals surface area contributed by atoms with Gasteiger partial charge in [0.05, 0.1) is 12.1 Å². The molecule has 1 aliphatic heterocycles. The van der Waals surface area contributed by atoms with Crippen molar-refractivity contribution in [3.63, 3.8) is 0 Å². The number of amides is 1. The normalized spacial score (nSPS) is 16.7. The number of carbonyl (C=O) groups excluding carboxylic acids is 3. The van der Waals surface area contributed by atoms with E-state index in [9.17, 15) is 24.6 Å². The second-order valence-corrected chi connectivity index (χ2v) is 5.82. The molecule has 0 N–H and O–H groups in total. The Labute approximate surface area is 151 Å². The van der Waals surface area contributed by atoms with Gasteiger partial charge in [0.2, 0.25) is 0 Å². The Kier molecular flexibility index (Phi) is 8.64. The molecule has 0 saturated carbocycles. The topological polar surface area (TPSA) is 134 Å². The lowest BCUT2D eigenvalue weighted by molar-refractivity contribution is -0.320. The minimum Gasteiger partial charge on any atom is -0.550 e. The van der Waals surface area contributed by atoms with Crippen molar-refractivity contribution in [1.82, 2.24) is 4.90 Å². The van der Waals surface area contributed by atoms with Gasteiger partial charge in [0.25, 0.3) is 0 Å². The number of nitrogens with zero attached hydrogens (tertiary/aromatic N) is 2. The van der Waals surface area contributed by atoms with Gasteiger partial charge < -0.3 is 29.4 Å². The number of aliphatic carboxylic acids is 2. The summed E-state index contributed by atoms with van der Waals surface area (Å²) >= 11 is 0. The fourth-order valence-electron chi connectivity index (χ4n) is 2.36. The van der Waals surface area contributed by atoms with E-state index in [1.807, 2.05) is 18.2 Å². The summed E-state index contributed by atoms with van der Waals surface area (Å²) in [6.45, 7) is 0.504. The van der Waals surface area contributed by atoms with Crippen LogP contribution in [0, 0.1) is 17.2 Å². The number of cyclic esters (lactones) is 1. The zero-order chi connectivity index (χ0) is 19.5. The standard InChI is InChI=1S/C11H13NO2.C7H9NO4/c1-12-10(8-14-11(12)13)7-9-5-3-2-4-6-9;8-3-1-2-5(7(11)12)4-6(9)10/h2-6,10H,7-8H2,1H3;5H,1-2,4H2,(H,9,10)(H,11,12)/p-2/t10-;5-/m11/s1. The van der Waals surface area contributed by atoms with E-state index in [1.165, 1.54) is 5.56 Å². The Morgan fingerprint density at radius 3 is 2.46 bits per heavy atom. The first-order valence-corrected chi connectivity index (χ1v) is 8.06. The summed E-state index contributed by atoms with van der Waals surface area (Å²) in [5.41, 5.74) is 1.24. The molecule has 0 bridgehead atoms. The lowest BCUT2D eigenvalue weighted by Gasteiger charge is -2.16. The molecule has 0 aliphatic carbocycles. The van der Waals surface area contributed by atoms with Crippen LogP contribution in [0.25, 0.3) is 0 Å². The third-order valence-electron chi connectivity index (χ3n) is 3.90. The van der Waals surface area contributed by atoms with Gasteiger partial charge in [-0.15, -0.1) is 0 Å². The van der Waals surface area contributed by atoms with E-state index in [0.717, 1.165) is 6.42 Å². The number of nitriles is 1. The summed E-state index contributed by atoms with van der Waals surface area (Å²) in [5.74, 6) is -4.01. The van der Waals surface area contributed by atoms with Gasteiger partial charge in [-0.25, -0.2) is 4.79 Å². The molecule has 2 rings (SSSR count). The molecule has 1 heterocycles. The summed E-state index contributed by atoms with van der Waals surface area (Å²) < 4.78 is 4.94. The van der Waals surface area contributed by atoms with Gasteiger partial charge in [0.15, 0.2) is 0 Å². The Balaban J connectivity index is 0.000000265. The fraction of sp³-hybridized carbons (Fsp3) is 0.444. The lowest BCUT2D eigenvalue weighted by Crippen LogP contribution is -2.36. The van der Waals surface area contributed by atoms with Gasteiger partial charge in [-0.2, -0.15) is 5.26 Å². The maximum absolute atomic E-state index is 11.1. The first-order valence-electron chi connectivity index (χ1n) is 8.06. The van der Waals surface area contributed by atoms with Crippen molar-refractivity contribution >= 4 is 18.0 Å². The van der Waals surface area contributed by atoms with Gasteiger partial charge >= 0.3 is 6.09 Å². The molecule has 8 nitrogen and oxygen atoms in total. The molecule has 1 aromatic carbocycles. The zero-order valence-corrected chi connectivity index (χ0v) is 14.4. The Bertz CT molecular complexity index is 655. The number of hydrogen-bond acceptors (Lipinski definition) is 7. The predicted molar refractivity (Wildman–Crippen MR) is 86.0 cm³/mol. The number of carboxylic acid groups (broad SMARTS) is 2. The SMILES string of the molecule is CN1C(=O)OC[C@H]1Cc1ccccc1.N#CCC[C@H](CC(=O)[O-])C(=O)[O-]. The highest BCUT2D eigenvalue weighted by Gasteiger charge is 2.29. The van der Waals surface area contributed by atoms with Crippen LogP contribution in [0.3, 0.4) is 0 Å². The van der Waals surface area contributed by atoms with Crippen molar-refractivity contribution < 1.29 is 29.3 Å². The molecule has 0 unspecified atom stereocenters. The molecule has 0 radical (unpaired) electrons. The maximum atomic E-state index is 11.1. The molecule has 26 heavy (non-hydrogen) atoms. The van der Waals surface area contributed by atoms with Crippen LogP contribution in [0.15, 0.2) is 30.3 Å². The van der Waals surface area contributed by atoms with E-state index in [2.05, 4.69) is 12.1 Å². The third kappa shape index (κ3) is 7.21. The van der Waals surface area contributed by atoms with E-state index in [4.69, 9.17) is 10.00 Å². The molecule has 1 fully saturated rings. The summed E-state index contributed by atoms with van der Waals surface area (Å²) in [4.78, 5) is 33.0. The molecule has 1 aliphatic rings. The second-order valence-electron chi connectivity index (χ2n) is 5.82. The van der Waals surface area contributed by atoms with E-state index >= 15 is 0 Å². The van der Waals surface area contributed by atoms with Crippen LogP contribution in [-0.2, 0) is 20.7 Å². The molecular weight excluding hydrogens is 340 g/mol. The molecule has 0 spiro atoms. The zero-order valence-electron chi connectivity index (χ0n) is 14.4. The van der Waals surface area contributed by atoms with Gasteiger partial charge in [0, 0.05) is 31.3 Å². The van der Waals surface area contributed by atoms with Crippen molar-refractivity contribution in [1.29, 1.82) is 5.26 Å². The van der Waals surface area contributed by atoms with Crippen molar-refractivity contribution in [2.45, 2.75) is 31.7 Å². The average molecular weight is 360 g/mol. The molecular formula is C18H20N2O6-2. The van der Waals surface area contributed by atoms with Crippen LogP contribution >= 0.6 is 0 Å². The Morgan fingerprint density at radius 1 is 1.35 bits per heavy atom. The van der Waals surface area contributed by atoms with Crippen LogP contribution < -0.4 is 10.2 Å². The third-order valence-corrected chi connectivity index (χ3v) is 3.90. The monoisotopic (exact) mass is 360 g/mol. The predicted octanol–water partition coefficient (Wildman–Crippen LogP) is -0.524. The molecule has 2 atom stereocenters. The van der Waals surface area contributed by atoms with Gasteiger partial charge in [-0.05, 0) is 24.8 Å². The number of hydrogen-bond donors (Lipinski definition) is 0.